The summed E-state index contributed by atoms with van der Waals surface area (Å²) in [4.78, 5) is 60.7. The van der Waals surface area contributed by atoms with E-state index in [4.69, 9.17) is 11.6 Å². The molecule has 8 rings (SSSR count). The summed E-state index contributed by atoms with van der Waals surface area (Å²) in [6, 6.07) is 24.6. The number of hydrogen-bond donors (Lipinski definition) is 1. The van der Waals surface area contributed by atoms with E-state index in [1.807, 2.05) is 0 Å². The summed E-state index contributed by atoms with van der Waals surface area (Å²) in [6.07, 6.45) is -3.25. The van der Waals surface area contributed by atoms with Gasteiger partial charge in [0.1, 0.15) is 11.5 Å². The number of rotatable bonds is 5. The molecule has 6 unspecified atom stereocenters. The molecule has 1 saturated carbocycles. The number of nitrogens with zero attached hydrogens (tertiary/aromatic N) is 2. The lowest BCUT2D eigenvalue weighted by Gasteiger charge is -2.50. The number of allylic oxidation sites excluding steroid dienone is 2. The van der Waals surface area contributed by atoms with Gasteiger partial charge in [0.15, 0.2) is 0 Å². The highest BCUT2D eigenvalue weighted by Gasteiger charge is 2.70. The molecule has 0 spiro atoms. The first-order chi connectivity index (χ1) is 24.8. The Labute approximate surface area is 313 Å². The Balaban J connectivity index is 1.37. The van der Waals surface area contributed by atoms with E-state index in [0.29, 0.717) is 16.8 Å². The summed E-state index contributed by atoms with van der Waals surface area (Å²) >= 11 is 8.45. The minimum atomic E-state index is -5.07. The van der Waals surface area contributed by atoms with Crippen molar-refractivity contribution in [2.75, 3.05) is 9.80 Å². The van der Waals surface area contributed by atoms with Gasteiger partial charge in [-0.15, -0.1) is 13.2 Å². The van der Waals surface area contributed by atoms with Gasteiger partial charge in [-0.3, -0.25) is 24.1 Å². The van der Waals surface area contributed by atoms with Crippen molar-refractivity contribution < 1.29 is 42.2 Å². The van der Waals surface area contributed by atoms with Crippen LogP contribution < -0.4 is 14.5 Å². The first-order valence-corrected chi connectivity index (χ1v) is 17.9. The molecule has 4 aromatic rings. The fraction of sp³-hybridized carbons (Fsp3) is 0.231. The summed E-state index contributed by atoms with van der Waals surface area (Å²) in [5.41, 5.74) is -0.440. The summed E-state index contributed by atoms with van der Waals surface area (Å²) in [7, 11) is 0. The summed E-state index contributed by atoms with van der Waals surface area (Å²) in [5.74, 6) is -8.17. The number of aromatic hydroxyl groups is 1. The topological polar surface area (TPSA) is 104 Å². The molecule has 4 aliphatic rings. The Morgan fingerprint density at radius 3 is 2.23 bits per heavy atom. The first kappa shape index (κ1) is 34.4. The predicted molar refractivity (Wildman–Crippen MR) is 193 cm³/mol. The number of carbonyl (C=O) groups excluding carboxylic acids is 4. The number of ether oxygens (including phenoxy) is 1. The van der Waals surface area contributed by atoms with Crippen molar-refractivity contribution in [1.29, 1.82) is 0 Å². The van der Waals surface area contributed by atoms with Gasteiger partial charge < -0.3 is 9.84 Å². The van der Waals surface area contributed by atoms with E-state index in [1.165, 1.54) is 6.07 Å². The highest BCUT2D eigenvalue weighted by molar-refractivity contribution is 14.1. The Bertz CT molecular complexity index is 2200. The monoisotopic (exact) mass is 838 g/mol. The normalized spacial score (nSPS) is 26.9. The second-order valence-electron chi connectivity index (χ2n) is 13.4. The van der Waals surface area contributed by atoms with Crippen LogP contribution in [0, 0.1) is 27.2 Å². The van der Waals surface area contributed by atoms with Gasteiger partial charge in [0, 0.05) is 20.1 Å². The molecule has 6 atom stereocenters. The number of carbonyl (C=O) groups is 4. The van der Waals surface area contributed by atoms with Gasteiger partial charge >= 0.3 is 6.36 Å². The molecule has 0 radical (unpaired) electrons. The number of anilines is 2. The molecule has 2 saturated heterocycles. The Kier molecular flexibility index (Phi) is 8.25. The van der Waals surface area contributed by atoms with Crippen molar-refractivity contribution in [1.82, 2.24) is 0 Å². The zero-order valence-electron chi connectivity index (χ0n) is 26.9. The highest BCUT2D eigenvalue weighted by Crippen LogP contribution is 2.65. The summed E-state index contributed by atoms with van der Waals surface area (Å²) in [6.45, 7) is 0. The van der Waals surface area contributed by atoms with E-state index in [0.717, 1.165) is 31.6 Å². The number of hydrogen-bond acceptors (Lipinski definition) is 6. The number of amides is 4. The van der Waals surface area contributed by atoms with E-state index in [9.17, 15) is 32.7 Å². The maximum Gasteiger partial charge on any atom is 0.573 e. The fourth-order valence-corrected chi connectivity index (χ4v) is 9.44. The lowest BCUT2D eigenvalue weighted by Crippen LogP contribution is -2.53. The van der Waals surface area contributed by atoms with Crippen LogP contribution in [0.3, 0.4) is 0 Å². The van der Waals surface area contributed by atoms with Gasteiger partial charge in [-0.05, 0) is 108 Å². The van der Waals surface area contributed by atoms with Gasteiger partial charge in [-0.1, -0.05) is 59.6 Å². The van der Waals surface area contributed by atoms with Crippen LogP contribution in [0.1, 0.15) is 29.9 Å². The molecule has 4 amide bonds. The van der Waals surface area contributed by atoms with Crippen molar-refractivity contribution in [3.63, 3.8) is 0 Å². The quantitative estimate of drug-likeness (QED) is 0.125. The van der Waals surface area contributed by atoms with Crippen molar-refractivity contribution in [2.24, 2.45) is 23.7 Å². The third kappa shape index (κ3) is 5.24. The smallest absolute Gasteiger partial charge is 0.508 e. The molecular weight excluding hydrogens is 812 g/mol. The summed E-state index contributed by atoms with van der Waals surface area (Å²) < 4.78 is 45.9. The molecule has 13 heteroatoms. The van der Waals surface area contributed by atoms with Crippen LogP contribution in [0.2, 0.25) is 5.02 Å². The van der Waals surface area contributed by atoms with Gasteiger partial charge in [0.05, 0.1) is 34.5 Å². The van der Waals surface area contributed by atoms with Gasteiger partial charge in [-0.25, -0.2) is 4.90 Å². The molecule has 1 N–H and O–H groups in total. The lowest BCUT2D eigenvalue weighted by molar-refractivity contribution is -0.274. The van der Waals surface area contributed by atoms with Gasteiger partial charge in [-0.2, -0.15) is 0 Å². The average molecular weight is 839 g/mol. The van der Waals surface area contributed by atoms with Crippen LogP contribution in [0.5, 0.6) is 11.5 Å². The minimum absolute atomic E-state index is 0.0287. The van der Waals surface area contributed by atoms with Crippen LogP contribution >= 0.6 is 34.2 Å². The number of benzene rings is 4. The highest BCUT2D eigenvalue weighted by atomic mass is 127. The summed E-state index contributed by atoms with van der Waals surface area (Å²) in [5, 5.41) is 11.8. The standard InChI is InChI=1S/C39H27ClF3IN2O6/c40-21-7-4-8-24(17-21)46-35(49)30-19-28-26(14-15-27-32(28)36(50)45(34(27)48)23-11-9-22(44)10-12-23)33(38(30,37(46)51)20-5-2-1-3-6-20)29-18-25(13-16-31(29)47)52-39(41,42)43/h1-14,16-18,27-28,30,32-33,47H,15,19H2. The number of phenolic OH excluding ortho intramolecular Hbond substituents is 1. The Morgan fingerprint density at radius 2 is 1.54 bits per heavy atom. The number of alkyl halides is 3. The molecule has 3 fully saturated rings. The van der Waals surface area contributed by atoms with E-state index in [-0.39, 0.29) is 29.1 Å². The third-order valence-corrected chi connectivity index (χ3v) is 11.7. The molecule has 8 nitrogen and oxygen atoms in total. The Morgan fingerprint density at radius 1 is 0.808 bits per heavy atom. The molecule has 0 aromatic heterocycles. The molecular formula is C39H27ClF3IN2O6. The van der Waals surface area contributed by atoms with E-state index < -0.39 is 76.5 Å². The average Bonchev–Trinajstić information content (AvgIpc) is 3.50. The molecule has 2 aliphatic heterocycles. The molecule has 2 aliphatic carbocycles. The van der Waals surface area contributed by atoms with Crippen molar-refractivity contribution in [3.05, 3.63) is 128 Å². The maximum absolute atomic E-state index is 15.3. The minimum Gasteiger partial charge on any atom is -0.508 e. The number of halogens is 5. The van der Waals surface area contributed by atoms with Crippen LogP contribution in [0.15, 0.2) is 109 Å². The largest absolute Gasteiger partial charge is 0.573 e. The third-order valence-electron chi connectivity index (χ3n) is 10.8. The molecule has 264 valence electrons. The Hall–Kier alpha value is -4.69. The zero-order chi connectivity index (χ0) is 36.7. The fourth-order valence-electron chi connectivity index (χ4n) is 8.89. The van der Waals surface area contributed by atoms with E-state index >= 15 is 4.79 Å². The number of phenols is 1. The second-order valence-corrected chi connectivity index (χ2v) is 15.0. The predicted octanol–water partition coefficient (Wildman–Crippen LogP) is 7.92. The molecule has 4 aromatic carbocycles. The van der Waals surface area contributed by atoms with E-state index in [2.05, 4.69) is 27.3 Å². The van der Waals surface area contributed by atoms with Crippen LogP contribution in [-0.4, -0.2) is 35.1 Å². The van der Waals surface area contributed by atoms with Crippen LogP contribution in [0.4, 0.5) is 24.5 Å². The first-order valence-electron chi connectivity index (χ1n) is 16.4. The van der Waals surface area contributed by atoms with Crippen LogP contribution in [-0.2, 0) is 24.6 Å². The number of imide groups is 2. The lowest BCUT2D eigenvalue weighted by atomic mass is 9.49. The van der Waals surface area contributed by atoms with Gasteiger partial charge in [0.2, 0.25) is 23.6 Å². The second kappa shape index (κ2) is 12.5. The van der Waals surface area contributed by atoms with Gasteiger partial charge in [0.25, 0.3) is 0 Å². The molecule has 0 bridgehead atoms. The maximum atomic E-state index is 15.3. The zero-order valence-corrected chi connectivity index (χ0v) is 29.8. The van der Waals surface area contributed by atoms with Crippen molar-refractivity contribution in [2.45, 2.75) is 30.5 Å². The SMILES string of the molecule is O=C1C2CC=C3C(CC4C(=O)N(c5cccc(Cl)c5)C(=O)C4(c4ccccc4)C3c3cc(OC(F)(F)F)ccc3O)C2C(=O)N1c1ccc(I)cc1. The number of fused-ring (bicyclic) bond motifs is 4. The molecule has 2 heterocycles. The van der Waals surface area contributed by atoms with Crippen molar-refractivity contribution >= 4 is 69.2 Å². The molecule has 52 heavy (non-hydrogen) atoms. The van der Waals surface area contributed by atoms with Crippen LogP contribution in [0.25, 0.3) is 0 Å². The van der Waals surface area contributed by atoms with Crippen molar-refractivity contribution in [3.8, 4) is 11.5 Å². The van der Waals surface area contributed by atoms with E-state index in [1.54, 1.807) is 78.9 Å².